The molecule has 3 N–H and O–H groups in total. The average molecular weight is 286 g/mol. The van der Waals surface area contributed by atoms with Gasteiger partial charge in [0.2, 0.25) is 0 Å². The molecule has 1 aliphatic rings. The molecule has 0 bridgehead atoms. The third-order valence-corrected chi connectivity index (χ3v) is 3.59. The number of hydrogen-bond donors (Lipinski definition) is 2. The Hall–Kier alpha value is -1.73. The predicted molar refractivity (Wildman–Crippen MR) is 67.0 cm³/mol. The summed E-state index contributed by atoms with van der Waals surface area (Å²) >= 11 is 0. The molecule has 0 unspecified atom stereocenters. The Labute approximate surface area is 114 Å². The van der Waals surface area contributed by atoms with Crippen LogP contribution in [-0.2, 0) is 4.84 Å². The molecular weight excluding hydrogens is 270 g/mol. The summed E-state index contributed by atoms with van der Waals surface area (Å²) < 4.78 is 27.1. The SMILES string of the molecule is NO[C@@H]1CC[C@@H](c2cccc(F)c2F)CN(C(=O)O)C1. The Kier molecular flexibility index (Phi) is 4.51. The third kappa shape index (κ3) is 3.05. The molecule has 1 heterocycles. The van der Waals surface area contributed by atoms with Crippen molar-refractivity contribution in [3.8, 4) is 0 Å². The zero-order chi connectivity index (χ0) is 14.7. The maximum atomic E-state index is 13.8. The molecule has 1 aromatic carbocycles. The molecule has 0 radical (unpaired) electrons. The number of hydrogen-bond acceptors (Lipinski definition) is 3. The molecule has 1 aromatic rings. The number of amides is 1. The molecule has 5 nitrogen and oxygen atoms in total. The Bertz CT molecular complexity index is 499. The highest BCUT2D eigenvalue weighted by atomic mass is 19.2. The first kappa shape index (κ1) is 14.7. The van der Waals surface area contributed by atoms with Crippen molar-refractivity contribution in [3.05, 3.63) is 35.4 Å². The molecule has 7 heteroatoms. The number of nitrogens with zero attached hydrogens (tertiary/aromatic N) is 1. The second kappa shape index (κ2) is 6.15. The van der Waals surface area contributed by atoms with E-state index in [1.165, 1.54) is 12.1 Å². The second-order valence-electron chi connectivity index (χ2n) is 4.86. The lowest BCUT2D eigenvalue weighted by Crippen LogP contribution is -2.38. The molecule has 2 rings (SSSR count). The molecule has 0 spiro atoms. The molecule has 110 valence electrons. The van der Waals surface area contributed by atoms with Gasteiger partial charge in [0.05, 0.1) is 12.6 Å². The monoisotopic (exact) mass is 286 g/mol. The minimum atomic E-state index is -1.13. The van der Waals surface area contributed by atoms with Gasteiger partial charge in [0.25, 0.3) is 0 Å². The third-order valence-electron chi connectivity index (χ3n) is 3.59. The van der Waals surface area contributed by atoms with Crippen LogP contribution in [0.2, 0.25) is 0 Å². The van der Waals surface area contributed by atoms with Crippen LogP contribution in [0, 0.1) is 11.6 Å². The highest BCUT2D eigenvalue weighted by molar-refractivity contribution is 5.65. The number of halogens is 2. The van der Waals surface area contributed by atoms with Crippen molar-refractivity contribution in [2.45, 2.75) is 24.9 Å². The molecule has 1 saturated heterocycles. The van der Waals surface area contributed by atoms with Crippen LogP contribution in [0.25, 0.3) is 0 Å². The number of benzene rings is 1. The van der Waals surface area contributed by atoms with Crippen molar-refractivity contribution in [1.29, 1.82) is 0 Å². The topological polar surface area (TPSA) is 75.8 Å². The van der Waals surface area contributed by atoms with Crippen LogP contribution in [0.3, 0.4) is 0 Å². The van der Waals surface area contributed by atoms with Gasteiger partial charge in [-0.05, 0) is 24.5 Å². The first-order chi connectivity index (χ1) is 9.52. The number of rotatable bonds is 2. The van der Waals surface area contributed by atoms with E-state index in [0.717, 1.165) is 11.0 Å². The van der Waals surface area contributed by atoms with E-state index in [1.54, 1.807) is 0 Å². The fourth-order valence-corrected chi connectivity index (χ4v) is 2.51. The van der Waals surface area contributed by atoms with Gasteiger partial charge in [-0.25, -0.2) is 19.5 Å². The Morgan fingerprint density at radius 1 is 1.35 bits per heavy atom. The van der Waals surface area contributed by atoms with Crippen LogP contribution in [-0.4, -0.2) is 35.3 Å². The van der Waals surface area contributed by atoms with Crippen LogP contribution in [0.1, 0.15) is 24.3 Å². The molecule has 20 heavy (non-hydrogen) atoms. The first-order valence-electron chi connectivity index (χ1n) is 6.30. The molecule has 0 aromatic heterocycles. The normalized spacial score (nSPS) is 23.4. The van der Waals surface area contributed by atoms with Gasteiger partial charge in [-0.3, -0.25) is 4.84 Å². The first-order valence-corrected chi connectivity index (χ1v) is 6.30. The van der Waals surface area contributed by atoms with Gasteiger partial charge in [-0.1, -0.05) is 12.1 Å². The Morgan fingerprint density at radius 2 is 2.10 bits per heavy atom. The van der Waals surface area contributed by atoms with E-state index in [1.807, 2.05) is 0 Å². The lowest BCUT2D eigenvalue weighted by atomic mass is 9.93. The van der Waals surface area contributed by atoms with Crippen LogP contribution < -0.4 is 5.90 Å². The summed E-state index contributed by atoms with van der Waals surface area (Å²) in [6, 6.07) is 3.93. The van der Waals surface area contributed by atoms with Crippen LogP contribution in [0.4, 0.5) is 13.6 Å². The molecular formula is C13H16F2N2O3. The molecule has 0 aliphatic carbocycles. The fourth-order valence-electron chi connectivity index (χ4n) is 2.51. The maximum absolute atomic E-state index is 13.8. The summed E-state index contributed by atoms with van der Waals surface area (Å²) in [5, 5.41) is 9.13. The van der Waals surface area contributed by atoms with E-state index < -0.39 is 29.7 Å². The van der Waals surface area contributed by atoms with E-state index in [0.29, 0.717) is 12.8 Å². The minimum Gasteiger partial charge on any atom is -0.465 e. The van der Waals surface area contributed by atoms with E-state index in [9.17, 15) is 13.6 Å². The van der Waals surface area contributed by atoms with E-state index in [4.69, 9.17) is 15.8 Å². The van der Waals surface area contributed by atoms with Crippen molar-refractivity contribution in [1.82, 2.24) is 4.90 Å². The van der Waals surface area contributed by atoms with E-state index >= 15 is 0 Å². The summed E-state index contributed by atoms with van der Waals surface area (Å²) in [6.45, 7) is 0.217. The maximum Gasteiger partial charge on any atom is 0.407 e. The van der Waals surface area contributed by atoms with E-state index in [2.05, 4.69) is 0 Å². The molecule has 1 fully saturated rings. The number of carbonyl (C=O) groups is 1. The Balaban J connectivity index is 2.26. The summed E-state index contributed by atoms with van der Waals surface area (Å²) in [7, 11) is 0. The molecule has 1 aliphatic heterocycles. The van der Waals surface area contributed by atoms with Crippen molar-refractivity contribution >= 4 is 6.09 Å². The lowest BCUT2D eigenvalue weighted by Gasteiger charge is -2.23. The summed E-state index contributed by atoms with van der Waals surface area (Å²) in [6.07, 6.45) is -0.601. The van der Waals surface area contributed by atoms with Crippen LogP contribution in [0.15, 0.2) is 18.2 Å². The zero-order valence-corrected chi connectivity index (χ0v) is 10.8. The molecule has 2 atom stereocenters. The standard InChI is InChI=1S/C13H16F2N2O3/c14-11-3-1-2-10(12(11)15)8-4-5-9(20-16)7-17(6-8)13(18)19/h1-3,8-9H,4-7,16H2,(H,18,19)/t8-,9-/m1/s1. The highest BCUT2D eigenvalue weighted by Gasteiger charge is 2.29. The van der Waals surface area contributed by atoms with Gasteiger partial charge in [0.1, 0.15) is 0 Å². The highest BCUT2D eigenvalue weighted by Crippen LogP contribution is 2.29. The number of carboxylic acid groups (broad SMARTS) is 1. The zero-order valence-electron chi connectivity index (χ0n) is 10.8. The van der Waals surface area contributed by atoms with Crippen LogP contribution >= 0.6 is 0 Å². The van der Waals surface area contributed by atoms with Crippen molar-refractivity contribution < 1.29 is 23.5 Å². The van der Waals surface area contributed by atoms with Gasteiger partial charge in [0.15, 0.2) is 11.6 Å². The largest absolute Gasteiger partial charge is 0.465 e. The smallest absolute Gasteiger partial charge is 0.407 e. The Morgan fingerprint density at radius 3 is 2.75 bits per heavy atom. The quantitative estimate of drug-likeness (QED) is 0.816. The number of nitrogens with two attached hydrogens (primary N) is 1. The summed E-state index contributed by atoms with van der Waals surface area (Å²) in [4.78, 5) is 17.0. The van der Waals surface area contributed by atoms with Gasteiger partial charge >= 0.3 is 6.09 Å². The molecule has 0 saturated carbocycles. The van der Waals surface area contributed by atoms with Crippen molar-refractivity contribution in [2.24, 2.45) is 5.90 Å². The lowest BCUT2D eigenvalue weighted by molar-refractivity contribution is 0.0295. The number of likely N-dealkylation sites (tertiary alicyclic amines) is 1. The van der Waals surface area contributed by atoms with Crippen molar-refractivity contribution in [3.63, 3.8) is 0 Å². The van der Waals surface area contributed by atoms with Gasteiger partial charge in [-0.2, -0.15) is 0 Å². The fraction of sp³-hybridized carbons (Fsp3) is 0.462. The average Bonchev–Trinajstić information content (AvgIpc) is 2.64. The predicted octanol–water partition coefficient (Wildman–Crippen LogP) is 2.08. The van der Waals surface area contributed by atoms with Crippen LogP contribution in [0.5, 0.6) is 0 Å². The van der Waals surface area contributed by atoms with E-state index in [-0.39, 0.29) is 18.7 Å². The summed E-state index contributed by atoms with van der Waals surface area (Å²) in [5.74, 6) is 2.85. The van der Waals surface area contributed by atoms with Gasteiger partial charge in [0, 0.05) is 12.5 Å². The van der Waals surface area contributed by atoms with Crippen molar-refractivity contribution in [2.75, 3.05) is 13.1 Å². The second-order valence-corrected chi connectivity index (χ2v) is 4.86. The van der Waals surface area contributed by atoms with Gasteiger partial charge < -0.3 is 10.0 Å². The minimum absolute atomic E-state index is 0.0928. The molecule has 1 amide bonds. The summed E-state index contributed by atoms with van der Waals surface area (Å²) in [5.41, 5.74) is 0.189. The van der Waals surface area contributed by atoms with Gasteiger partial charge in [-0.15, -0.1) is 0 Å².